The number of esters is 1. The number of nitrogens with zero attached hydrogens (tertiary/aromatic N) is 3. The number of hydrogen-bond donors (Lipinski definition) is 1. The van der Waals surface area contributed by atoms with E-state index in [0.717, 1.165) is 33.1 Å². The van der Waals surface area contributed by atoms with Crippen LogP contribution in [0, 0.1) is 0 Å². The van der Waals surface area contributed by atoms with E-state index in [1.54, 1.807) is 19.1 Å². The summed E-state index contributed by atoms with van der Waals surface area (Å²) in [4.78, 5) is 35.2. The lowest BCUT2D eigenvalue weighted by Gasteiger charge is -2.18. The van der Waals surface area contributed by atoms with Gasteiger partial charge in [-0.05, 0) is 30.7 Å². The number of aromatic nitrogens is 3. The molecule has 0 saturated heterocycles. The summed E-state index contributed by atoms with van der Waals surface area (Å²) in [6.07, 6.45) is 0.172. The summed E-state index contributed by atoms with van der Waals surface area (Å²) in [7, 11) is 0. The maximum atomic E-state index is 12.9. The highest BCUT2D eigenvalue weighted by molar-refractivity contribution is 6.06. The predicted molar refractivity (Wildman–Crippen MR) is 131 cm³/mol. The molecule has 2 aromatic heterocycles. The zero-order valence-corrected chi connectivity index (χ0v) is 18.8. The second-order valence-electron chi connectivity index (χ2n) is 7.97. The highest BCUT2D eigenvalue weighted by Crippen LogP contribution is 2.28. The van der Waals surface area contributed by atoms with Crippen molar-refractivity contribution >= 4 is 45.0 Å². The Bertz CT molecular complexity index is 1490. The van der Waals surface area contributed by atoms with E-state index in [1.807, 2.05) is 71.3 Å². The number of para-hydroxylation sites is 3. The minimum Gasteiger partial charge on any atom is -0.464 e. The molecule has 1 atom stereocenters. The van der Waals surface area contributed by atoms with Crippen molar-refractivity contribution in [3.8, 4) is 0 Å². The Morgan fingerprint density at radius 1 is 0.912 bits per heavy atom. The van der Waals surface area contributed by atoms with Gasteiger partial charge in [-0.3, -0.25) is 4.79 Å². The zero-order chi connectivity index (χ0) is 23.5. The number of carbonyl (C=O) groups is 2. The van der Waals surface area contributed by atoms with Crippen LogP contribution in [0.4, 0.5) is 0 Å². The Labute approximate surface area is 196 Å². The molecule has 3 aromatic carbocycles. The van der Waals surface area contributed by atoms with Crippen LogP contribution in [0.2, 0.25) is 0 Å². The van der Waals surface area contributed by atoms with Gasteiger partial charge in [0, 0.05) is 18.4 Å². The zero-order valence-electron chi connectivity index (χ0n) is 18.8. The Hall–Kier alpha value is -4.26. The third-order valence-electron chi connectivity index (χ3n) is 5.78. The number of hydrogen-bond acceptors (Lipinski definition) is 5. The number of aryl methyl sites for hydroxylation is 1. The molecule has 0 saturated carbocycles. The van der Waals surface area contributed by atoms with Crippen molar-refractivity contribution in [3.63, 3.8) is 0 Å². The smallest absolute Gasteiger partial charge is 0.333 e. The number of benzene rings is 3. The third kappa shape index (κ3) is 4.08. The second-order valence-corrected chi connectivity index (χ2v) is 7.97. The number of nitrogens with one attached hydrogen (secondary N) is 1. The Balaban J connectivity index is 1.44. The number of ether oxygens (including phenoxy) is 1. The van der Waals surface area contributed by atoms with Crippen molar-refractivity contribution in [2.75, 3.05) is 6.61 Å². The molecule has 5 aromatic rings. The second kappa shape index (κ2) is 9.31. The van der Waals surface area contributed by atoms with Crippen molar-refractivity contribution in [3.05, 3.63) is 84.4 Å². The van der Waals surface area contributed by atoms with Gasteiger partial charge in [0.25, 0.3) is 0 Å². The van der Waals surface area contributed by atoms with E-state index in [4.69, 9.17) is 14.7 Å². The van der Waals surface area contributed by atoms with Crippen molar-refractivity contribution < 1.29 is 14.3 Å². The third-order valence-corrected chi connectivity index (χ3v) is 5.78. The number of carbonyl (C=O) groups excluding carboxylic acids is 2. The molecule has 7 heteroatoms. The van der Waals surface area contributed by atoms with E-state index in [-0.39, 0.29) is 18.9 Å². The summed E-state index contributed by atoms with van der Waals surface area (Å²) in [6.45, 7) is 2.38. The summed E-state index contributed by atoms with van der Waals surface area (Å²) >= 11 is 0. The van der Waals surface area contributed by atoms with Crippen molar-refractivity contribution in [2.45, 2.75) is 25.9 Å². The number of rotatable bonds is 7. The van der Waals surface area contributed by atoms with Crippen LogP contribution in [-0.2, 0) is 20.9 Å². The Morgan fingerprint density at radius 3 is 2.35 bits per heavy atom. The monoisotopic (exact) mass is 452 g/mol. The van der Waals surface area contributed by atoms with Crippen LogP contribution in [-0.4, -0.2) is 33.0 Å². The molecule has 0 aliphatic heterocycles. The van der Waals surface area contributed by atoms with Crippen molar-refractivity contribution in [2.24, 2.45) is 0 Å². The minimum atomic E-state index is -0.851. The molecule has 170 valence electrons. The van der Waals surface area contributed by atoms with E-state index < -0.39 is 12.0 Å². The van der Waals surface area contributed by atoms with Gasteiger partial charge in [0.15, 0.2) is 11.7 Å². The lowest BCUT2D eigenvalue weighted by atomic mass is 10.1. The summed E-state index contributed by atoms with van der Waals surface area (Å²) < 4.78 is 7.21. The van der Waals surface area contributed by atoms with Crippen LogP contribution in [0.3, 0.4) is 0 Å². The molecule has 0 aliphatic rings. The minimum absolute atomic E-state index is 0.172. The molecule has 0 bridgehead atoms. The SMILES string of the molecule is CCOC(=O)C(NC(=O)CCn1c2ccccc2c2nc3ccccc3nc21)c1ccccc1. The largest absolute Gasteiger partial charge is 0.464 e. The van der Waals surface area contributed by atoms with Gasteiger partial charge in [-0.2, -0.15) is 0 Å². The fourth-order valence-electron chi connectivity index (χ4n) is 4.21. The lowest BCUT2D eigenvalue weighted by Crippen LogP contribution is -2.35. The van der Waals surface area contributed by atoms with Gasteiger partial charge in [-0.1, -0.05) is 60.7 Å². The van der Waals surface area contributed by atoms with Crippen LogP contribution >= 0.6 is 0 Å². The molecule has 7 nitrogen and oxygen atoms in total. The average Bonchev–Trinajstić information content (AvgIpc) is 3.17. The van der Waals surface area contributed by atoms with Gasteiger partial charge >= 0.3 is 5.97 Å². The molecule has 0 radical (unpaired) electrons. The topological polar surface area (TPSA) is 86.1 Å². The summed E-state index contributed by atoms with van der Waals surface area (Å²) in [5.74, 6) is -0.724. The van der Waals surface area contributed by atoms with Gasteiger partial charge in [0.2, 0.25) is 5.91 Å². The molecule has 0 spiro atoms. The molecule has 1 N–H and O–H groups in total. The normalized spacial score (nSPS) is 12.1. The van der Waals surface area contributed by atoms with E-state index in [0.29, 0.717) is 12.1 Å². The molecule has 0 fully saturated rings. The van der Waals surface area contributed by atoms with Gasteiger partial charge in [0.05, 0.1) is 23.2 Å². The Morgan fingerprint density at radius 2 is 1.59 bits per heavy atom. The van der Waals surface area contributed by atoms with E-state index >= 15 is 0 Å². The van der Waals surface area contributed by atoms with Crippen molar-refractivity contribution in [1.82, 2.24) is 19.9 Å². The molecule has 2 heterocycles. The van der Waals surface area contributed by atoms with Crippen LogP contribution in [0.5, 0.6) is 0 Å². The first-order chi connectivity index (χ1) is 16.7. The first kappa shape index (κ1) is 21.6. The standard InChI is InChI=1S/C27H24N4O3/c1-2-34-27(33)24(18-10-4-3-5-11-18)30-23(32)16-17-31-22-15-9-6-12-19(22)25-26(31)29-21-14-8-7-13-20(21)28-25/h3-15,24H,2,16-17H2,1H3,(H,30,32). The molecule has 34 heavy (non-hydrogen) atoms. The first-order valence-electron chi connectivity index (χ1n) is 11.3. The highest BCUT2D eigenvalue weighted by Gasteiger charge is 2.24. The van der Waals surface area contributed by atoms with E-state index in [1.165, 1.54) is 0 Å². The van der Waals surface area contributed by atoms with Crippen LogP contribution in [0.25, 0.3) is 33.1 Å². The fraction of sp³-hybridized carbons (Fsp3) is 0.185. The first-order valence-corrected chi connectivity index (χ1v) is 11.3. The lowest BCUT2D eigenvalue weighted by molar-refractivity contribution is -0.147. The maximum absolute atomic E-state index is 12.9. The van der Waals surface area contributed by atoms with Gasteiger partial charge < -0.3 is 14.6 Å². The highest BCUT2D eigenvalue weighted by atomic mass is 16.5. The van der Waals surface area contributed by atoms with Crippen LogP contribution in [0.15, 0.2) is 78.9 Å². The summed E-state index contributed by atoms with van der Waals surface area (Å²) in [5, 5.41) is 3.83. The summed E-state index contributed by atoms with van der Waals surface area (Å²) in [5.41, 5.74) is 4.82. The van der Waals surface area contributed by atoms with E-state index in [9.17, 15) is 9.59 Å². The van der Waals surface area contributed by atoms with Crippen LogP contribution in [0.1, 0.15) is 24.9 Å². The predicted octanol–water partition coefficient (Wildman–Crippen LogP) is 4.55. The fourth-order valence-corrected chi connectivity index (χ4v) is 4.21. The van der Waals surface area contributed by atoms with Gasteiger partial charge in [0.1, 0.15) is 5.52 Å². The molecule has 0 aliphatic carbocycles. The molecule has 1 amide bonds. The van der Waals surface area contributed by atoms with Gasteiger partial charge in [-0.25, -0.2) is 14.8 Å². The van der Waals surface area contributed by atoms with Crippen molar-refractivity contribution in [1.29, 1.82) is 0 Å². The van der Waals surface area contributed by atoms with E-state index in [2.05, 4.69) is 5.32 Å². The van der Waals surface area contributed by atoms with Gasteiger partial charge in [-0.15, -0.1) is 0 Å². The molecule has 1 unspecified atom stereocenters. The molecular formula is C27H24N4O3. The Kier molecular flexibility index (Phi) is 5.91. The quantitative estimate of drug-likeness (QED) is 0.366. The molecule has 5 rings (SSSR count). The molecular weight excluding hydrogens is 428 g/mol. The van der Waals surface area contributed by atoms with Crippen LogP contribution < -0.4 is 5.32 Å². The summed E-state index contributed by atoms with van der Waals surface area (Å²) in [6, 6.07) is 24.0. The average molecular weight is 453 g/mol. The number of fused-ring (bicyclic) bond motifs is 4. The maximum Gasteiger partial charge on any atom is 0.333 e. The number of amides is 1.